The first kappa shape index (κ1) is 21.9. The van der Waals surface area contributed by atoms with Crippen molar-refractivity contribution in [1.82, 2.24) is 0 Å². The highest BCUT2D eigenvalue weighted by Gasteiger charge is 2.65. The SMILES string of the molecule is COc1cc(CNc2ccc(S(F)(F)(F)(F)F)cc2)ccc1OCC=C(C)C. The van der Waals surface area contributed by atoms with Crippen LogP contribution in [0.1, 0.15) is 19.4 Å². The fourth-order valence-electron chi connectivity index (χ4n) is 2.27. The lowest BCUT2D eigenvalue weighted by Crippen LogP contribution is -2.06. The molecular weight excluding hydrogens is 401 g/mol. The largest absolute Gasteiger partial charge is 0.493 e. The van der Waals surface area contributed by atoms with E-state index in [-0.39, 0.29) is 12.2 Å². The number of hydrogen-bond donors (Lipinski definition) is 1. The van der Waals surface area contributed by atoms with Gasteiger partial charge in [-0.1, -0.05) is 31.1 Å². The monoisotopic (exact) mass is 423 g/mol. The minimum absolute atomic E-state index is 0.264. The van der Waals surface area contributed by atoms with Gasteiger partial charge in [0.05, 0.1) is 7.11 Å². The zero-order valence-corrected chi connectivity index (χ0v) is 16.5. The highest BCUT2D eigenvalue weighted by molar-refractivity contribution is 8.45. The fraction of sp³-hybridized carbons (Fsp3) is 0.263. The van der Waals surface area contributed by atoms with Gasteiger partial charge in [-0.2, -0.15) is 0 Å². The van der Waals surface area contributed by atoms with Crippen molar-refractivity contribution < 1.29 is 28.9 Å². The van der Waals surface area contributed by atoms with Crippen molar-refractivity contribution in [2.24, 2.45) is 0 Å². The van der Waals surface area contributed by atoms with Crippen LogP contribution < -0.4 is 14.8 Å². The summed E-state index contributed by atoms with van der Waals surface area (Å²) >= 11 is 0. The minimum Gasteiger partial charge on any atom is -0.493 e. The predicted octanol–water partition coefficient (Wildman–Crippen LogP) is 7.31. The van der Waals surface area contributed by atoms with E-state index < -0.39 is 15.1 Å². The summed E-state index contributed by atoms with van der Waals surface area (Å²) in [7, 11) is -8.15. The highest BCUT2D eigenvalue weighted by Crippen LogP contribution is 3.02. The normalized spacial score (nSPS) is 13.9. The van der Waals surface area contributed by atoms with E-state index in [1.54, 1.807) is 18.2 Å². The van der Waals surface area contributed by atoms with Gasteiger partial charge in [0.1, 0.15) is 11.5 Å². The van der Waals surface area contributed by atoms with Gasteiger partial charge in [0.2, 0.25) is 0 Å². The van der Waals surface area contributed by atoms with Crippen LogP contribution in [0.15, 0.2) is 59.0 Å². The molecule has 2 aromatic carbocycles. The summed E-state index contributed by atoms with van der Waals surface area (Å²) in [6, 6.07) is 7.94. The number of allylic oxidation sites excluding steroid dienone is 1. The van der Waals surface area contributed by atoms with E-state index in [0.717, 1.165) is 23.3 Å². The molecule has 0 aliphatic carbocycles. The van der Waals surface area contributed by atoms with Crippen molar-refractivity contribution in [3.8, 4) is 11.5 Å². The molecule has 0 saturated carbocycles. The molecule has 0 atom stereocenters. The summed E-state index contributed by atoms with van der Waals surface area (Å²) in [5.41, 5.74) is 2.19. The first-order chi connectivity index (χ1) is 12.8. The average molecular weight is 423 g/mol. The second-order valence-electron chi connectivity index (χ2n) is 6.42. The third-order valence-electron chi connectivity index (χ3n) is 3.75. The van der Waals surface area contributed by atoms with Crippen molar-refractivity contribution in [2.45, 2.75) is 25.3 Å². The quantitative estimate of drug-likeness (QED) is 0.357. The van der Waals surface area contributed by atoms with E-state index in [1.165, 1.54) is 7.11 Å². The van der Waals surface area contributed by atoms with E-state index in [0.29, 0.717) is 30.2 Å². The van der Waals surface area contributed by atoms with Gasteiger partial charge in [-0.3, -0.25) is 0 Å². The molecule has 1 N–H and O–H groups in total. The Kier molecular flexibility index (Phi) is 5.62. The summed E-state index contributed by atoms with van der Waals surface area (Å²) in [6.07, 6.45) is 1.92. The third kappa shape index (κ3) is 6.33. The molecule has 156 valence electrons. The Balaban J connectivity index is 2.06. The third-order valence-corrected chi connectivity index (χ3v) is 4.92. The molecule has 9 heteroatoms. The molecule has 28 heavy (non-hydrogen) atoms. The standard InChI is InChI=1S/C19H22F5NO2S/c1-14(2)10-11-27-18-9-4-15(12-19(18)26-3)13-25-16-5-7-17(8-6-16)28(20,21,22,23)24/h4-10,12,25H,11,13H2,1-3H3. The molecule has 0 saturated heterocycles. The van der Waals surface area contributed by atoms with Gasteiger partial charge in [-0.05, 0) is 61.9 Å². The van der Waals surface area contributed by atoms with Gasteiger partial charge in [-0.25, -0.2) is 0 Å². The van der Waals surface area contributed by atoms with Crippen molar-refractivity contribution in [3.05, 3.63) is 59.7 Å². The Bertz CT molecular complexity index is 861. The number of ether oxygens (including phenoxy) is 2. The zero-order chi connectivity index (χ0) is 21.1. The van der Waals surface area contributed by atoms with Gasteiger partial charge < -0.3 is 14.8 Å². The van der Waals surface area contributed by atoms with Gasteiger partial charge in [0.25, 0.3) is 0 Å². The summed E-state index contributed by atoms with van der Waals surface area (Å²) in [5.74, 6) is 1.07. The molecule has 2 rings (SSSR count). The van der Waals surface area contributed by atoms with E-state index in [9.17, 15) is 19.4 Å². The zero-order valence-electron chi connectivity index (χ0n) is 15.6. The molecular formula is C19H22F5NO2S. The van der Waals surface area contributed by atoms with E-state index >= 15 is 0 Å². The van der Waals surface area contributed by atoms with Crippen molar-refractivity contribution in [1.29, 1.82) is 0 Å². The molecule has 0 amide bonds. The minimum atomic E-state index is -9.65. The lowest BCUT2D eigenvalue weighted by molar-refractivity contribution is 0.325. The van der Waals surface area contributed by atoms with E-state index in [2.05, 4.69) is 5.32 Å². The Morgan fingerprint density at radius 3 is 2.14 bits per heavy atom. The van der Waals surface area contributed by atoms with Crippen LogP contribution in [-0.4, -0.2) is 13.7 Å². The van der Waals surface area contributed by atoms with Crippen LogP contribution in [0.3, 0.4) is 0 Å². The number of nitrogens with one attached hydrogen (secondary N) is 1. The molecule has 0 unspecified atom stereocenters. The Labute approximate surface area is 160 Å². The second-order valence-corrected chi connectivity index (χ2v) is 8.83. The van der Waals surface area contributed by atoms with Gasteiger partial charge in [0.15, 0.2) is 11.5 Å². The van der Waals surface area contributed by atoms with Crippen LogP contribution in [-0.2, 0) is 6.54 Å². The summed E-state index contributed by atoms with van der Waals surface area (Å²) in [5, 5.41) is 2.89. The lowest BCUT2D eigenvalue weighted by atomic mass is 10.2. The smallest absolute Gasteiger partial charge is 0.310 e. The molecule has 0 aromatic heterocycles. The molecule has 2 aromatic rings. The lowest BCUT2D eigenvalue weighted by Gasteiger charge is -2.40. The maximum absolute atomic E-state index is 12.7. The van der Waals surface area contributed by atoms with Crippen LogP contribution in [0.4, 0.5) is 25.1 Å². The Morgan fingerprint density at radius 2 is 1.61 bits per heavy atom. The molecule has 0 heterocycles. The predicted molar refractivity (Wildman–Crippen MR) is 103 cm³/mol. The number of benzene rings is 2. The summed E-state index contributed by atoms with van der Waals surface area (Å²) in [4.78, 5) is -1.91. The molecule has 0 aliphatic heterocycles. The maximum Gasteiger partial charge on any atom is 0.310 e. The van der Waals surface area contributed by atoms with Crippen molar-refractivity contribution in [3.63, 3.8) is 0 Å². The Hall–Kier alpha value is -2.42. The van der Waals surface area contributed by atoms with Crippen LogP contribution in [0.25, 0.3) is 0 Å². The van der Waals surface area contributed by atoms with Gasteiger partial charge >= 0.3 is 10.2 Å². The topological polar surface area (TPSA) is 30.5 Å². The first-order valence-electron chi connectivity index (χ1n) is 8.29. The molecule has 0 fully saturated rings. The van der Waals surface area contributed by atoms with Crippen molar-refractivity contribution in [2.75, 3.05) is 19.0 Å². The molecule has 0 spiro atoms. The van der Waals surface area contributed by atoms with Crippen LogP contribution in [0, 0.1) is 0 Å². The van der Waals surface area contributed by atoms with E-state index in [4.69, 9.17) is 9.47 Å². The maximum atomic E-state index is 12.7. The summed E-state index contributed by atoms with van der Waals surface area (Å²) < 4.78 is 74.6. The van der Waals surface area contributed by atoms with E-state index in [1.807, 2.05) is 19.9 Å². The number of halogens is 5. The second kappa shape index (κ2) is 7.20. The highest BCUT2D eigenvalue weighted by atomic mass is 32.5. The summed E-state index contributed by atoms with van der Waals surface area (Å²) in [6.45, 7) is 4.58. The average Bonchev–Trinajstić information content (AvgIpc) is 2.58. The Morgan fingerprint density at radius 1 is 0.964 bits per heavy atom. The molecule has 0 aliphatic rings. The molecule has 0 bridgehead atoms. The fourth-order valence-corrected chi connectivity index (χ4v) is 2.92. The van der Waals surface area contributed by atoms with Crippen molar-refractivity contribution >= 4 is 15.9 Å². The number of anilines is 1. The van der Waals surface area contributed by atoms with Crippen LogP contribution in [0.2, 0.25) is 0 Å². The van der Waals surface area contributed by atoms with Crippen LogP contribution in [0.5, 0.6) is 11.5 Å². The van der Waals surface area contributed by atoms with Gasteiger partial charge in [0, 0.05) is 12.2 Å². The molecule has 3 nitrogen and oxygen atoms in total. The number of hydrogen-bond acceptors (Lipinski definition) is 3. The van der Waals surface area contributed by atoms with Crippen LogP contribution >= 0.6 is 10.2 Å². The van der Waals surface area contributed by atoms with Gasteiger partial charge in [-0.15, -0.1) is 0 Å². The number of rotatable bonds is 8. The molecule has 0 radical (unpaired) electrons. The first-order valence-corrected chi connectivity index (χ1v) is 10.2. The number of methoxy groups -OCH3 is 1.